The number of imide groups is 2. The number of anilines is 2. The third-order valence-corrected chi connectivity index (χ3v) is 11.7. The zero-order valence-electron chi connectivity index (χ0n) is 24.3. The number of amides is 4. The number of ether oxygens (including phenoxy) is 1. The lowest BCUT2D eigenvalue weighted by molar-refractivity contribution is -0.125. The molecular weight excluding hydrogens is 749 g/mol. The number of phenols is 1. The SMILES string of the molecule is CCOc1cc(C2C3=CCC4C(=O)N(c5ccc(I)cc5)C(=O)C4C3CC3(Cl)C(=O)N(c4ccc(F)cc4)C(=O)C23Cl)ccc1O. The number of nitrogens with zero attached hydrogens (tertiary/aromatic N) is 2. The Morgan fingerprint density at radius 3 is 2.24 bits per heavy atom. The molecule has 3 aromatic rings. The van der Waals surface area contributed by atoms with Crippen molar-refractivity contribution in [3.8, 4) is 11.5 Å². The third-order valence-electron chi connectivity index (χ3n) is 9.60. The molecule has 6 unspecified atom stereocenters. The average Bonchev–Trinajstić information content (AvgIpc) is 3.37. The topological polar surface area (TPSA) is 104 Å². The second kappa shape index (κ2) is 11.1. The molecule has 2 aliphatic heterocycles. The summed E-state index contributed by atoms with van der Waals surface area (Å²) in [5, 5.41) is 10.5. The van der Waals surface area contributed by atoms with Gasteiger partial charge in [-0.05, 0) is 115 Å². The van der Waals surface area contributed by atoms with Gasteiger partial charge < -0.3 is 9.84 Å². The first-order chi connectivity index (χ1) is 21.9. The van der Waals surface area contributed by atoms with E-state index in [4.69, 9.17) is 27.9 Å². The lowest BCUT2D eigenvalue weighted by atomic mass is 9.56. The molecule has 46 heavy (non-hydrogen) atoms. The van der Waals surface area contributed by atoms with Crippen molar-refractivity contribution < 1.29 is 33.4 Å². The monoisotopic (exact) mass is 774 g/mol. The normalized spacial score (nSPS) is 30.2. The predicted molar refractivity (Wildman–Crippen MR) is 178 cm³/mol. The lowest BCUT2D eigenvalue weighted by Gasteiger charge is -2.50. The van der Waals surface area contributed by atoms with E-state index in [0.29, 0.717) is 16.8 Å². The Bertz CT molecular complexity index is 1850. The maximum atomic E-state index is 14.5. The molecule has 1 N–H and O–H groups in total. The highest BCUT2D eigenvalue weighted by Crippen LogP contribution is 2.66. The molecule has 0 radical (unpaired) electrons. The van der Waals surface area contributed by atoms with E-state index < -0.39 is 57.0 Å². The van der Waals surface area contributed by atoms with Crippen LogP contribution in [0.1, 0.15) is 31.2 Å². The number of carbonyl (C=O) groups excluding carboxylic acids is 4. The second-order valence-corrected chi connectivity index (χ2v) is 14.4. The van der Waals surface area contributed by atoms with Crippen molar-refractivity contribution in [1.29, 1.82) is 0 Å². The molecule has 7 rings (SSSR count). The van der Waals surface area contributed by atoms with Gasteiger partial charge in [-0.3, -0.25) is 24.1 Å². The first-order valence-electron chi connectivity index (χ1n) is 14.7. The Morgan fingerprint density at radius 2 is 1.57 bits per heavy atom. The number of halogens is 4. The number of rotatable bonds is 5. The number of fused-ring (bicyclic) bond motifs is 4. The van der Waals surface area contributed by atoms with Crippen molar-refractivity contribution in [3.63, 3.8) is 0 Å². The summed E-state index contributed by atoms with van der Waals surface area (Å²) in [6.45, 7) is 1.99. The molecule has 0 spiro atoms. The fourth-order valence-corrected chi connectivity index (χ4v) is 8.89. The predicted octanol–water partition coefficient (Wildman–Crippen LogP) is 6.30. The van der Waals surface area contributed by atoms with Crippen molar-refractivity contribution in [2.75, 3.05) is 16.4 Å². The summed E-state index contributed by atoms with van der Waals surface area (Å²) in [4.78, 5) is 54.7. The zero-order chi connectivity index (χ0) is 32.7. The maximum Gasteiger partial charge on any atom is 0.258 e. The first kappa shape index (κ1) is 31.1. The molecule has 2 aliphatic carbocycles. The molecule has 12 heteroatoms. The van der Waals surface area contributed by atoms with Crippen molar-refractivity contribution >= 4 is 80.8 Å². The number of phenolic OH excluding ortho intramolecular Hbond substituents is 1. The van der Waals surface area contributed by atoms with Crippen LogP contribution in [0.25, 0.3) is 0 Å². The Morgan fingerprint density at radius 1 is 0.913 bits per heavy atom. The van der Waals surface area contributed by atoms with Crippen LogP contribution in [-0.4, -0.2) is 45.1 Å². The van der Waals surface area contributed by atoms with Crippen LogP contribution < -0.4 is 14.5 Å². The van der Waals surface area contributed by atoms with E-state index in [1.165, 1.54) is 23.1 Å². The molecular formula is C34H26Cl2FIN2O6. The van der Waals surface area contributed by atoms with E-state index in [1.807, 2.05) is 18.2 Å². The minimum Gasteiger partial charge on any atom is -0.504 e. The van der Waals surface area contributed by atoms with Gasteiger partial charge >= 0.3 is 0 Å². The molecule has 236 valence electrons. The van der Waals surface area contributed by atoms with Crippen LogP contribution in [0.2, 0.25) is 0 Å². The number of hydrogen-bond acceptors (Lipinski definition) is 6. The second-order valence-electron chi connectivity index (χ2n) is 11.9. The average molecular weight is 775 g/mol. The zero-order valence-corrected chi connectivity index (χ0v) is 27.9. The number of aromatic hydroxyl groups is 1. The number of carbonyl (C=O) groups is 4. The van der Waals surface area contributed by atoms with Crippen LogP contribution >= 0.6 is 45.8 Å². The highest BCUT2D eigenvalue weighted by molar-refractivity contribution is 14.1. The van der Waals surface area contributed by atoms with Gasteiger partial charge in [-0.15, -0.1) is 23.2 Å². The molecule has 0 aromatic heterocycles. The summed E-state index contributed by atoms with van der Waals surface area (Å²) in [6.07, 6.45) is 1.85. The van der Waals surface area contributed by atoms with Gasteiger partial charge in [0.15, 0.2) is 21.2 Å². The third kappa shape index (κ3) is 4.29. The van der Waals surface area contributed by atoms with E-state index in [1.54, 1.807) is 31.2 Å². The van der Waals surface area contributed by atoms with Gasteiger partial charge in [0.1, 0.15) is 5.82 Å². The van der Waals surface area contributed by atoms with Gasteiger partial charge in [-0.2, -0.15) is 0 Å². The highest BCUT2D eigenvalue weighted by atomic mass is 127. The summed E-state index contributed by atoms with van der Waals surface area (Å²) in [5.74, 6) is -6.27. The van der Waals surface area contributed by atoms with E-state index in [0.717, 1.165) is 20.6 Å². The fraction of sp³-hybridized carbons (Fsp3) is 0.294. The molecule has 6 atom stereocenters. The molecule has 3 fully saturated rings. The quantitative estimate of drug-likeness (QED) is 0.141. The summed E-state index contributed by atoms with van der Waals surface area (Å²) < 4.78 is 20.4. The molecule has 2 heterocycles. The first-order valence-corrected chi connectivity index (χ1v) is 16.6. The van der Waals surface area contributed by atoms with Crippen molar-refractivity contribution in [2.45, 2.75) is 35.4 Å². The van der Waals surface area contributed by atoms with E-state index in [-0.39, 0.29) is 42.5 Å². The van der Waals surface area contributed by atoms with Crippen LogP contribution in [0.4, 0.5) is 15.8 Å². The van der Waals surface area contributed by atoms with E-state index in [9.17, 15) is 28.7 Å². The number of alkyl halides is 2. The highest BCUT2D eigenvalue weighted by Gasteiger charge is 2.76. The molecule has 4 amide bonds. The minimum atomic E-state index is -2.09. The van der Waals surface area contributed by atoms with Gasteiger partial charge in [0.05, 0.1) is 29.8 Å². The number of hydrogen-bond donors (Lipinski definition) is 1. The van der Waals surface area contributed by atoms with Crippen LogP contribution in [0.15, 0.2) is 78.4 Å². The van der Waals surface area contributed by atoms with Crippen LogP contribution in [0.3, 0.4) is 0 Å². The van der Waals surface area contributed by atoms with Crippen molar-refractivity contribution in [1.82, 2.24) is 0 Å². The van der Waals surface area contributed by atoms with Gasteiger partial charge in [0.2, 0.25) is 11.8 Å². The molecule has 3 aromatic carbocycles. The number of benzene rings is 3. The number of allylic oxidation sites excluding steroid dienone is 2. The van der Waals surface area contributed by atoms with E-state index in [2.05, 4.69) is 22.6 Å². The fourth-order valence-electron chi connectivity index (χ4n) is 7.60. The standard InChI is InChI=1S/C34H26Cl2FIN2O6/c1-2-46-26-15-17(3-14-25(26)41)28-22-12-13-23-27(30(43)39(29(23)42)20-10-6-19(38)7-11-20)24(22)16-33(35)31(44)40(32(45)34(28,33)36)21-8-4-18(37)5-9-21/h3-12,14-15,23-24,27-28,41H,2,13,16H2,1H3. The Hall–Kier alpha value is -3.48. The molecule has 4 aliphatic rings. The smallest absolute Gasteiger partial charge is 0.258 e. The summed E-state index contributed by atoms with van der Waals surface area (Å²) in [5.41, 5.74) is 1.58. The molecule has 1 saturated carbocycles. The largest absolute Gasteiger partial charge is 0.504 e. The maximum absolute atomic E-state index is 14.5. The van der Waals surface area contributed by atoms with Crippen molar-refractivity contribution in [2.24, 2.45) is 17.8 Å². The van der Waals surface area contributed by atoms with Crippen LogP contribution in [0.5, 0.6) is 11.5 Å². The summed E-state index contributed by atoms with van der Waals surface area (Å²) in [6, 6.07) is 16.4. The summed E-state index contributed by atoms with van der Waals surface area (Å²) >= 11 is 16.9. The lowest BCUT2D eigenvalue weighted by Crippen LogP contribution is -2.60. The van der Waals surface area contributed by atoms with Gasteiger partial charge in [-0.25, -0.2) is 9.29 Å². The van der Waals surface area contributed by atoms with Crippen molar-refractivity contribution in [3.05, 3.63) is 93.3 Å². The molecule has 8 nitrogen and oxygen atoms in total. The van der Waals surface area contributed by atoms with Crippen LogP contribution in [0, 0.1) is 27.1 Å². The molecule has 2 saturated heterocycles. The minimum absolute atomic E-state index is 0.0946. The summed E-state index contributed by atoms with van der Waals surface area (Å²) in [7, 11) is 0. The van der Waals surface area contributed by atoms with Crippen LogP contribution in [-0.2, 0) is 19.2 Å². The Balaban J connectivity index is 1.40. The van der Waals surface area contributed by atoms with Gasteiger partial charge in [0.25, 0.3) is 11.8 Å². The Labute approximate surface area is 287 Å². The molecule has 0 bridgehead atoms. The van der Waals surface area contributed by atoms with Gasteiger partial charge in [0, 0.05) is 9.49 Å². The van der Waals surface area contributed by atoms with E-state index >= 15 is 0 Å². The van der Waals surface area contributed by atoms with Gasteiger partial charge in [-0.1, -0.05) is 17.7 Å². The Kier molecular flexibility index (Phi) is 7.48.